The summed E-state index contributed by atoms with van der Waals surface area (Å²) >= 11 is 0. The topological polar surface area (TPSA) is 66.4 Å². The van der Waals surface area contributed by atoms with E-state index >= 15 is 0 Å². The summed E-state index contributed by atoms with van der Waals surface area (Å²) in [5.41, 5.74) is 3.09. The van der Waals surface area contributed by atoms with Gasteiger partial charge in [0, 0.05) is 5.56 Å². The number of carbonyl (C=O) groups is 2. The fourth-order valence-electron chi connectivity index (χ4n) is 1.88. The minimum atomic E-state index is -1.18. The Bertz CT molecular complexity index is 713. The van der Waals surface area contributed by atoms with Gasteiger partial charge in [0.05, 0.1) is 0 Å². The Labute approximate surface area is 129 Å². The summed E-state index contributed by atoms with van der Waals surface area (Å²) in [6.45, 7) is 3.87. The number of carboxylic acids is 1. The molecule has 112 valence electrons. The minimum absolute atomic E-state index is 0.158. The molecule has 0 saturated carbocycles. The van der Waals surface area contributed by atoms with Crippen LogP contribution < -0.4 is 5.32 Å². The molecule has 2 aromatic rings. The second-order valence-corrected chi connectivity index (χ2v) is 5.09. The van der Waals surface area contributed by atoms with Crippen LogP contribution in [0.5, 0.6) is 0 Å². The molecule has 2 aromatic carbocycles. The highest BCUT2D eigenvalue weighted by Gasteiger charge is 2.13. The zero-order valence-corrected chi connectivity index (χ0v) is 12.5. The largest absolute Gasteiger partial charge is 0.477 e. The van der Waals surface area contributed by atoms with Gasteiger partial charge >= 0.3 is 5.97 Å². The average Bonchev–Trinajstić information content (AvgIpc) is 2.49. The van der Waals surface area contributed by atoms with Crippen LogP contribution in [0.4, 0.5) is 0 Å². The van der Waals surface area contributed by atoms with Crippen molar-refractivity contribution in [2.45, 2.75) is 13.8 Å². The molecule has 4 heteroatoms. The quantitative estimate of drug-likeness (QED) is 0.851. The third kappa shape index (κ3) is 4.06. The van der Waals surface area contributed by atoms with Gasteiger partial charge in [-0.2, -0.15) is 0 Å². The Morgan fingerprint density at radius 2 is 1.41 bits per heavy atom. The van der Waals surface area contributed by atoms with Gasteiger partial charge < -0.3 is 10.4 Å². The zero-order chi connectivity index (χ0) is 16.1. The summed E-state index contributed by atoms with van der Waals surface area (Å²) in [5, 5.41) is 11.7. The van der Waals surface area contributed by atoms with Crippen molar-refractivity contribution >= 4 is 18.0 Å². The number of carboxylic acid groups (broad SMARTS) is 1. The van der Waals surface area contributed by atoms with Crippen molar-refractivity contribution < 1.29 is 14.7 Å². The van der Waals surface area contributed by atoms with Crippen molar-refractivity contribution in [3.63, 3.8) is 0 Å². The summed E-state index contributed by atoms with van der Waals surface area (Å²) in [5.74, 6) is -1.62. The van der Waals surface area contributed by atoms with Crippen LogP contribution in [0.3, 0.4) is 0 Å². The van der Waals surface area contributed by atoms with Gasteiger partial charge in [-0.15, -0.1) is 0 Å². The lowest BCUT2D eigenvalue weighted by atomic mass is 10.1. The average molecular weight is 295 g/mol. The van der Waals surface area contributed by atoms with Crippen LogP contribution in [0.2, 0.25) is 0 Å². The number of benzene rings is 2. The van der Waals surface area contributed by atoms with E-state index in [0.29, 0.717) is 11.1 Å². The van der Waals surface area contributed by atoms with Crippen LogP contribution >= 0.6 is 0 Å². The van der Waals surface area contributed by atoms with Crippen molar-refractivity contribution in [2.24, 2.45) is 0 Å². The Balaban J connectivity index is 2.21. The number of rotatable bonds is 4. The van der Waals surface area contributed by atoms with E-state index in [1.165, 1.54) is 6.08 Å². The van der Waals surface area contributed by atoms with Crippen LogP contribution in [-0.2, 0) is 4.79 Å². The lowest BCUT2D eigenvalue weighted by Gasteiger charge is -2.07. The standard InChI is InChI=1S/C18H17NO3/c1-12-3-7-14(8-4-12)11-16(18(21)22)19-17(20)15-9-5-13(2)6-10-15/h3-11H,1-2H3,(H,19,20)(H,21,22). The third-order valence-corrected chi connectivity index (χ3v) is 3.18. The maximum absolute atomic E-state index is 12.1. The molecular weight excluding hydrogens is 278 g/mol. The van der Waals surface area contributed by atoms with Crippen molar-refractivity contribution in [3.05, 3.63) is 76.5 Å². The molecule has 0 aliphatic carbocycles. The Kier molecular flexibility index (Phi) is 4.73. The molecular formula is C18H17NO3. The van der Waals surface area contributed by atoms with Crippen molar-refractivity contribution in [2.75, 3.05) is 0 Å². The van der Waals surface area contributed by atoms with Gasteiger partial charge in [0.2, 0.25) is 0 Å². The van der Waals surface area contributed by atoms with Gasteiger partial charge in [0.25, 0.3) is 5.91 Å². The van der Waals surface area contributed by atoms with Crippen molar-refractivity contribution in [1.82, 2.24) is 5.32 Å². The van der Waals surface area contributed by atoms with Crippen LogP contribution in [-0.4, -0.2) is 17.0 Å². The highest BCUT2D eigenvalue weighted by Crippen LogP contribution is 2.09. The highest BCUT2D eigenvalue weighted by atomic mass is 16.4. The fraction of sp³-hybridized carbons (Fsp3) is 0.111. The molecule has 0 atom stereocenters. The minimum Gasteiger partial charge on any atom is -0.477 e. The highest BCUT2D eigenvalue weighted by molar-refractivity contribution is 6.02. The van der Waals surface area contributed by atoms with E-state index in [1.54, 1.807) is 36.4 Å². The van der Waals surface area contributed by atoms with E-state index in [1.807, 2.05) is 26.0 Å². The molecule has 0 aromatic heterocycles. The number of aryl methyl sites for hydroxylation is 2. The zero-order valence-electron chi connectivity index (χ0n) is 12.5. The van der Waals surface area contributed by atoms with Crippen LogP contribution in [0.1, 0.15) is 27.0 Å². The normalized spacial score (nSPS) is 11.1. The third-order valence-electron chi connectivity index (χ3n) is 3.18. The Morgan fingerprint density at radius 1 is 0.909 bits per heavy atom. The van der Waals surface area contributed by atoms with E-state index in [2.05, 4.69) is 5.32 Å². The van der Waals surface area contributed by atoms with Gasteiger partial charge in [-0.25, -0.2) is 4.79 Å². The molecule has 1 amide bonds. The monoisotopic (exact) mass is 295 g/mol. The van der Waals surface area contributed by atoms with E-state index in [4.69, 9.17) is 0 Å². The van der Waals surface area contributed by atoms with Crippen LogP contribution in [0, 0.1) is 13.8 Å². The molecule has 0 bridgehead atoms. The molecule has 22 heavy (non-hydrogen) atoms. The second kappa shape index (κ2) is 6.72. The molecule has 0 fully saturated rings. The molecule has 0 heterocycles. The predicted octanol–water partition coefficient (Wildman–Crippen LogP) is 3.16. The Hall–Kier alpha value is -2.88. The number of hydrogen-bond donors (Lipinski definition) is 2. The second-order valence-electron chi connectivity index (χ2n) is 5.09. The maximum Gasteiger partial charge on any atom is 0.352 e. The summed E-state index contributed by atoms with van der Waals surface area (Å²) in [4.78, 5) is 23.4. The van der Waals surface area contributed by atoms with Gasteiger partial charge in [0.1, 0.15) is 5.70 Å². The first-order valence-electron chi connectivity index (χ1n) is 6.85. The number of aliphatic carboxylic acids is 1. The summed E-state index contributed by atoms with van der Waals surface area (Å²) in [7, 11) is 0. The molecule has 2 N–H and O–H groups in total. The lowest BCUT2D eigenvalue weighted by molar-refractivity contribution is -0.132. The first kappa shape index (κ1) is 15.5. The first-order chi connectivity index (χ1) is 10.5. The molecule has 0 unspecified atom stereocenters. The van der Waals surface area contributed by atoms with E-state index in [-0.39, 0.29) is 5.70 Å². The van der Waals surface area contributed by atoms with Crippen molar-refractivity contribution in [1.29, 1.82) is 0 Å². The number of carbonyl (C=O) groups excluding carboxylic acids is 1. The van der Waals surface area contributed by atoms with Gasteiger partial charge in [-0.3, -0.25) is 4.79 Å². The van der Waals surface area contributed by atoms with Gasteiger partial charge in [0.15, 0.2) is 0 Å². The summed E-state index contributed by atoms with van der Waals surface area (Å²) in [6.07, 6.45) is 1.44. The number of hydrogen-bond acceptors (Lipinski definition) is 2. The molecule has 0 aliphatic rings. The van der Waals surface area contributed by atoms with Crippen LogP contribution in [0.25, 0.3) is 6.08 Å². The van der Waals surface area contributed by atoms with E-state index in [0.717, 1.165) is 11.1 Å². The van der Waals surface area contributed by atoms with Crippen molar-refractivity contribution in [3.8, 4) is 0 Å². The van der Waals surface area contributed by atoms with E-state index in [9.17, 15) is 14.7 Å². The Morgan fingerprint density at radius 3 is 1.91 bits per heavy atom. The smallest absolute Gasteiger partial charge is 0.352 e. The molecule has 0 saturated heterocycles. The van der Waals surface area contributed by atoms with Gasteiger partial charge in [-0.1, -0.05) is 47.5 Å². The molecule has 0 aliphatic heterocycles. The van der Waals surface area contributed by atoms with Gasteiger partial charge in [-0.05, 0) is 37.6 Å². The maximum atomic E-state index is 12.1. The number of amides is 1. The first-order valence-corrected chi connectivity index (χ1v) is 6.85. The fourth-order valence-corrected chi connectivity index (χ4v) is 1.88. The molecule has 0 radical (unpaired) electrons. The SMILES string of the molecule is Cc1ccc(C=C(NC(=O)c2ccc(C)cc2)C(=O)O)cc1. The molecule has 0 spiro atoms. The molecule has 2 rings (SSSR count). The van der Waals surface area contributed by atoms with Crippen LogP contribution in [0.15, 0.2) is 54.2 Å². The number of nitrogens with one attached hydrogen (secondary N) is 1. The molecule has 4 nitrogen and oxygen atoms in total. The predicted molar refractivity (Wildman–Crippen MR) is 85.4 cm³/mol. The lowest BCUT2D eigenvalue weighted by Crippen LogP contribution is -2.27. The van der Waals surface area contributed by atoms with E-state index < -0.39 is 11.9 Å². The summed E-state index contributed by atoms with van der Waals surface area (Å²) < 4.78 is 0. The summed E-state index contributed by atoms with van der Waals surface area (Å²) in [6, 6.07) is 14.3.